The minimum atomic E-state index is 0.658. The Morgan fingerprint density at radius 1 is 1.20 bits per heavy atom. The molecule has 0 aromatic carbocycles. The fraction of sp³-hybridized carbons (Fsp3) is 1.00. The first-order valence-corrected chi connectivity index (χ1v) is 7.35. The lowest BCUT2D eigenvalue weighted by Crippen LogP contribution is -2.41. The summed E-state index contributed by atoms with van der Waals surface area (Å²) in [4.78, 5) is 2.32. The van der Waals surface area contributed by atoms with Crippen molar-refractivity contribution >= 4 is 11.8 Å². The molecule has 0 saturated carbocycles. The van der Waals surface area contributed by atoms with Crippen LogP contribution in [0.1, 0.15) is 26.7 Å². The molecule has 0 aromatic heterocycles. The van der Waals surface area contributed by atoms with Gasteiger partial charge in [-0.15, -0.1) is 0 Å². The van der Waals surface area contributed by atoms with Crippen LogP contribution in [0.15, 0.2) is 0 Å². The summed E-state index contributed by atoms with van der Waals surface area (Å²) in [6.07, 6.45) is 4.82. The van der Waals surface area contributed by atoms with Crippen LogP contribution in [0.4, 0.5) is 0 Å². The highest BCUT2D eigenvalue weighted by atomic mass is 32.2. The van der Waals surface area contributed by atoms with E-state index >= 15 is 0 Å². The van der Waals surface area contributed by atoms with Crippen LogP contribution < -0.4 is 5.32 Å². The molecule has 0 aliphatic rings. The van der Waals surface area contributed by atoms with E-state index in [0.29, 0.717) is 6.04 Å². The van der Waals surface area contributed by atoms with Gasteiger partial charge in [-0.05, 0) is 51.4 Å². The summed E-state index contributed by atoms with van der Waals surface area (Å²) >= 11 is 1.94. The Bertz CT molecular complexity index is 130. The largest absolute Gasteiger partial charge is 0.315 e. The molecule has 1 unspecified atom stereocenters. The summed E-state index contributed by atoms with van der Waals surface area (Å²) in [6.45, 7) is 6.86. The van der Waals surface area contributed by atoms with Crippen molar-refractivity contribution in [3.63, 3.8) is 0 Å². The average molecular weight is 232 g/mol. The van der Waals surface area contributed by atoms with Gasteiger partial charge in [-0.3, -0.25) is 0 Å². The fourth-order valence-corrected chi connectivity index (χ4v) is 2.25. The number of thioether (sulfide) groups is 1. The molecule has 0 rings (SSSR count). The van der Waals surface area contributed by atoms with Crippen LogP contribution >= 0.6 is 11.8 Å². The molecule has 0 fully saturated rings. The Hall–Kier alpha value is 0.270. The van der Waals surface area contributed by atoms with Crippen LogP contribution in [0, 0.1) is 5.92 Å². The van der Waals surface area contributed by atoms with Gasteiger partial charge >= 0.3 is 0 Å². The highest BCUT2D eigenvalue weighted by Crippen LogP contribution is 2.06. The summed E-state index contributed by atoms with van der Waals surface area (Å²) in [5.41, 5.74) is 0. The zero-order valence-electron chi connectivity index (χ0n) is 11.0. The minimum absolute atomic E-state index is 0.658. The van der Waals surface area contributed by atoms with E-state index in [4.69, 9.17) is 0 Å². The first-order chi connectivity index (χ1) is 7.09. The first-order valence-electron chi connectivity index (χ1n) is 5.95. The first kappa shape index (κ1) is 15.3. The van der Waals surface area contributed by atoms with Gasteiger partial charge in [0.1, 0.15) is 0 Å². The van der Waals surface area contributed by atoms with Gasteiger partial charge in [-0.2, -0.15) is 11.8 Å². The lowest BCUT2D eigenvalue weighted by molar-refractivity contribution is 0.224. The van der Waals surface area contributed by atoms with Crippen molar-refractivity contribution in [1.29, 1.82) is 0 Å². The number of likely N-dealkylation sites (N-methyl/N-ethyl adjacent to an activating group) is 1. The van der Waals surface area contributed by atoms with Crippen LogP contribution in [0.5, 0.6) is 0 Å². The summed E-state index contributed by atoms with van der Waals surface area (Å²) in [5.74, 6) is 2.02. The van der Waals surface area contributed by atoms with Crippen molar-refractivity contribution in [3.05, 3.63) is 0 Å². The smallest absolute Gasteiger partial charge is 0.0237 e. The molecule has 0 bridgehead atoms. The minimum Gasteiger partial charge on any atom is -0.315 e. The van der Waals surface area contributed by atoms with Crippen LogP contribution in [-0.2, 0) is 0 Å². The second kappa shape index (κ2) is 9.49. The lowest BCUT2D eigenvalue weighted by Gasteiger charge is -2.28. The van der Waals surface area contributed by atoms with E-state index in [1.165, 1.54) is 18.6 Å². The van der Waals surface area contributed by atoms with Crippen molar-refractivity contribution in [1.82, 2.24) is 10.2 Å². The molecular formula is C12H28N2S. The molecule has 92 valence electrons. The second-order valence-corrected chi connectivity index (χ2v) is 5.66. The molecule has 0 spiro atoms. The van der Waals surface area contributed by atoms with Crippen LogP contribution in [0.25, 0.3) is 0 Å². The van der Waals surface area contributed by atoms with Crippen molar-refractivity contribution in [2.24, 2.45) is 5.92 Å². The summed E-state index contributed by atoms with van der Waals surface area (Å²) in [7, 11) is 4.33. The van der Waals surface area contributed by atoms with Gasteiger partial charge in [0.15, 0.2) is 0 Å². The van der Waals surface area contributed by atoms with Gasteiger partial charge in [0, 0.05) is 12.6 Å². The molecule has 0 aromatic rings. The summed E-state index contributed by atoms with van der Waals surface area (Å²) in [5, 5.41) is 3.56. The topological polar surface area (TPSA) is 15.3 Å². The predicted octanol–water partition coefficient (Wildman–Crippen LogP) is 2.31. The van der Waals surface area contributed by atoms with E-state index in [1.54, 1.807) is 0 Å². The molecule has 1 N–H and O–H groups in total. The summed E-state index contributed by atoms with van der Waals surface area (Å²) < 4.78 is 0. The van der Waals surface area contributed by atoms with E-state index in [0.717, 1.165) is 19.0 Å². The monoisotopic (exact) mass is 232 g/mol. The van der Waals surface area contributed by atoms with Gasteiger partial charge in [-0.1, -0.05) is 13.8 Å². The third-order valence-corrected chi connectivity index (χ3v) is 3.44. The highest BCUT2D eigenvalue weighted by molar-refractivity contribution is 7.98. The van der Waals surface area contributed by atoms with Crippen molar-refractivity contribution in [2.75, 3.05) is 39.2 Å². The maximum atomic E-state index is 3.56. The zero-order valence-corrected chi connectivity index (χ0v) is 11.9. The highest BCUT2D eigenvalue weighted by Gasteiger charge is 2.14. The Morgan fingerprint density at radius 2 is 1.87 bits per heavy atom. The lowest BCUT2D eigenvalue weighted by atomic mass is 10.0. The number of nitrogens with zero attached hydrogens (tertiary/aromatic N) is 1. The molecule has 1 atom stereocenters. The number of unbranched alkanes of at least 4 members (excludes halogenated alkanes) is 1. The summed E-state index contributed by atoms with van der Waals surface area (Å²) in [6, 6.07) is 0.658. The third kappa shape index (κ3) is 8.12. The van der Waals surface area contributed by atoms with Crippen molar-refractivity contribution in [2.45, 2.75) is 32.7 Å². The van der Waals surface area contributed by atoms with E-state index in [1.807, 2.05) is 11.8 Å². The maximum Gasteiger partial charge on any atom is 0.0237 e. The number of hydrogen-bond donors (Lipinski definition) is 1. The molecule has 0 aliphatic carbocycles. The van der Waals surface area contributed by atoms with E-state index in [2.05, 4.69) is 44.4 Å². The Balaban J connectivity index is 3.46. The normalized spacial score (nSPS) is 13.8. The van der Waals surface area contributed by atoms with E-state index in [-0.39, 0.29) is 0 Å². The number of nitrogens with one attached hydrogen (secondary N) is 1. The third-order valence-electron chi connectivity index (χ3n) is 2.74. The van der Waals surface area contributed by atoms with Crippen LogP contribution in [0.3, 0.4) is 0 Å². The maximum absolute atomic E-state index is 3.56. The molecule has 0 aliphatic heterocycles. The number of rotatable bonds is 9. The van der Waals surface area contributed by atoms with Crippen molar-refractivity contribution in [3.8, 4) is 0 Å². The SMILES string of the molecule is CSCCCCNCC(C(C)C)N(C)C. The van der Waals surface area contributed by atoms with E-state index < -0.39 is 0 Å². The standard InChI is InChI=1S/C12H28N2S/c1-11(2)12(14(3)4)10-13-8-6-7-9-15-5/h11-13H,6-10H2,1-5H3. The second-order valence-electron chi connectivity index (χ2n) is 4.68. The number of hydrogen-bond acceptors (Lipinski definition) is 3. The molecular weight excluding hydrogens is 204 g/mol. The van der Waals surface area contributed by atoms with Gasteiger partial charge in [-0.25, -0.2) is 0 Å². The molecule has 0 saturated heterocycles. The molecule has 0 amide bonds. The van der Waals surface area contributed by atoms with Crippen LogP contribution in [0.2, 0.25) is 0 Å². The van der Waals surface area contributed by atoms with Gasteiger partial charge in [0.05, 0.1) is 0 Å². The van der Waals surface area contributed by atoms with Gasteiger partial charge < -0.3 is 10.2 Å². The zero-order chi connectivity index (χ0) is 11.7. The molecule has 15 heavy (non-hydrogen) atoms. The molecule has 0 heterocycles. The average Bonchev–Trinajstić information content (AvgIpc) is 2.15. The van der Waals surface area contributed by atoms with Gasteiger partial charge in [0.25, 0.3) is 0 Å². The van der Waals surface area contributed by atoms with Crippen molar-refractivity contribution < 1.29 is 0 Å². The molecule has 2 nitrogen and oxygen atoms in total. The van der Waals surface area contributed by atoms with E-state index in [9.17, 15) is 0 Å². The molecule has 3 heteroatoms. The van der Waals surface area contributed by atoms with Crippen LogP contribution in [-0.4, -0.2) is 50.1 Å². The Labute approximate surface area is 100 Å². The predicted molar refractivity (Wildman–Crippen MR) is 72.8 cm³/mol. The Morgan fingerprint density at radius 3 is 2.33 bits per heavy atom. The quantitative estimate of drug-likeness (QED) is 0.614. The van der Waals surface area contributed by atoms with Gasteiger partial charge in [0.2, 0.25) is 0 Å². The molecule has 0 radical (unpaired) electrons. The fourth-order valence-electron chi connectivity index (χ4n) is 1.76. The Kier molecular flexibility index (Phi) is 9.66.